The monoisotopic (exact) mass is 461 g/mol. The number of anilines is 2. The molecule has 132 valence electrons. The second-order valence-electron chi connectivity index (χ2n) is 5.04. The summed E-state index contributed by atoms with van der Waals surface area (Å²) in [5, 5.41) is 14.7. The number of nitrogens with one attached hydrogen (secondary N) is 2. The van der Waals surface area contributed by atoms with Crippen LogP contribution in [0.2, 0.25) is 0 Å². The summed E-state index contributed by atoms with van der Waals surface area (Å²) in [6.07, 6.45) is 1.32. The Balaban J connectivity index is 2.15. The summed E-state index contributed by atoms with van der Waals surface area (Å²) >= 11 is 2.19. The highest BCUT2D eigenvalue weighted by atomic mass is 127. The lowest BCUT2D eigenvalue weighted by Gasteiger charge is -2.10. The fourth-order valence-electron chi connectivity index (χ4n) is 2.02. The Morgan fingerprint density at radius 1 is 1.19 bits per heavy atom. The molecule has 2 aromatic rings. The predicted molar refractivity (Wildman–Crippen MR) is 108 cm³/mol. The van der Waals surface area contributed by atoms with Crippen LogP contribution in [0.5, 0.6) is 0 Å². The average Bonchev–Trinajstić information content (AvgIpc) is 2.64. The lowest BCUT2D eigenvalue weighted by molar-refractivity contribution is -0.112. The number of hydrogen-bond donors (Lipinski definition) is 2. The Labute approximate surface area is 165 Å². The van der Waals surface area contributed by atoms with Gasteiger partial charge in [0.15, 0.2) is 0 Å². The van der Waals surface area contributed by atoms with Crippen molar-refractivity contribution in [1.29, 1.82) is 5.26 Å². The molecule has 2 aromatic carbocycles. The van der Waals surface area contributed by atoms with Crippen LogP contribution >= 0.6 is 22.6 Å². The van der Waals surface area contributed by atoms with Crippen molar-refractivity contribution in [3.05, 3.63) is 69.4 Å². The zero-order valence-corrected chi connectivity index (χ0v) is 16.1. The first-order valence-corrected chi connectivity index (χ1v) is 8.83. The van der Waals surface area contributed by atoms with Gasteiger partial charge in [0, 0.05) is 15.5 Å². The second kappa shape index (κ2) is 9.58. The number of benzene rings is 2. The first-order chi connectivity index (χ1) is 12.5. The Morgan fingerprint density at radius 2 is 1.88 bits per heavy atom. The van der Waals surface area contributed by atoms with Gasteiger partial charge in [0.05, 0.1) is 17.9 Å². The van der Waals surface area contributed by atoms with Gasteiger partial charge in [-0.25, -0.2) is 4.79 Å². The maximum Gasteiger partial charge on any atom is 0.340 e. The molecule has 6 nitrogen and oxygen atoms in total. The maximum atomic E-state index is 12.4. The van der Waals surface area contributed by atoms with Gasteiger partial charge in [-0.15, -0.1) is 0 Å². The van der Waals surface area contributed by atoms with Crippen LogP contribution in [-0.2, 0) is 9.53 Å². The average molecular weight is 461 g/mol. The molecule has 0 bridgehead atoms. The minimum Gasteiger partial charge on any atom is -0.462 e. The molecule has 0 aliphatic rings. The number of nitriles is 1. The number of halogens is 1. The summed E-state index contributed by atoms with van der Waals surface area (Å²) in [6, 6.07) is 15.8. The summed E-state index contributed by atoms with van der Waals surface area (Å²) in [7, 11) is 0. The van der Waals surface area contributed by atoms with E-state index in [1.54, 1.807) is 31.2 Å². The minimum absolute atomic E-state index is 0.123. The quantitative estimate of drug-likeness (QED) is 0.295. The highest BCUT2D eigenvalue weighted by Gasteiger charge is 2.16. The number of amides is 1. The third-order valence-electron chi connectivity index (χ3n) is 3.26. The van der Waals surface area contributed by atoms with E-state index in [1.807, 2.05) is 30.3 Å². The third kappa shape index (κ3) is 5.32. The molecule has 0 radical (unpaired) electrons. The number of rotatable bonds is 6. The summed E-state index contributed by atoms with van der Waals surface area (Å²) < 4.78 is 6.04. The van der Waals surface area contributed by atoms with Crippen molar-refractivity contribution >= 4 is 45.8 Å². The molecular weight excluding hydrogens is 445 g/mol. The molecule has 1 amide bonds. The smallest absolute Gasteiger partial charge is 0.340 e. The molecule has 0 fully saturated rings. The van der Waals surface area contributed by atoms with Crippen LogP contribution in [0.25, 0.3) is 0 Å². The summed E-state index contributed by atoms with van der Waals surface area (Å²) in [5.74, 6) is -1.16. The highest BCUT2D eigenvalue weighted by molar-refractivity contribution is 14.1. The third-order valence-corrected chi connectivity index (χ3v) is 3.98. The van der Waals surface area contributed by atoms with E-state index in [0.717, 1.165) is 9.26 Å². The Kier molecular flexibility index (Phi) is 7.17. The van der Waals surface area contributed by atoms with Gasteiger partial charge in [-0.05, 0) is 65.9 Å². The van der Waals surface area contributed by atoms with Crippen LogP contribution in [0.3, 0.4) is 0 Å². The van der Waals surface area contributed by atoms with Gasteiger partial charge in [-0.2, -0.15) is 5.26 Å². The molecule has 0 heterocycles. The molecular formula is C19H16IN3O3. The van der Waals surface area contributed by atoms with Crippen LogP contribution in [0.4, 0.5) is 11.4 Å². The number of hydrogen-bond acceptors (Lipinski definition) is 5. The topological polar surface area (TPSA) is 91.2 Å². The van der Waals surface area contributed by atoms with Crippen molar-refractivity contribution in [2.24, 2.45) is 0 Å². The molecule has 7 heteroatoms. The van der Waals surface area contributed by atoms with Crippen LogP contribution in [0.1, 0.15) is 17.3 Å². The maximum absolute atomic E-state index is 12.4. The van der Waals surface area contributed by atoms with E-state index in [-0.39, 0.29) is 23.4 Å². The SMILES string of the molecule is CCOC(=O)c1ccccc1NC(=O)/C(C#N)=C\Nc1ccc(I)cc1. The van der Waals surface area contributed by atoms with Crippen molar-refractivity contribution in [2.45, 2.75) is 6.92 Å². The molecule has 0 atom stereocenters. The van der Waals surface area contributed by atoms with E-state index in [4.69, 9.17) is 4.74 Å². The van der Waals surface area contributed by atoms with Crippen molar-refractivity contribution in [3.8, 4) is 6.07 Å². The van der Waals surface area contributed by atoms with Crippen LogP contribution in [0.15, 0.2) is 60.3 Å². The number of ether oxygens (including phenoxy) is 1. The molecule has 0 aromatic heterocycles. The normalized spacial score (nSPS) is 10.6. The van der Waals surface area contributed by atoms with E-state index >= 15 is 0 Å². The Hall–Kier alpha value is -2.86. The van der Waals surface area contributed by atoms with Crippen molar-refractivity contribution in [3.63, 3.8) is 0 Å². The summed E-state index contributed by atoms with van der Waals surface area (Å²) in [6.45, 7) is 1.93. The largest absolute Gasteiger partial charge is 0.462 e. The van der Waals surface area contributed by atoms with Gasteiger partial charge in [-0.3, -0.25) is 4.79 Å². The van der Waals surface area contributed by atoms with Gasteiger partial charge in [0.25, 0.3) is 5.91 Å². The molecule has 2 rings (SSSR count). The zero-order valence-electron chi connectivity index (χ0n) is 14.0. The number of esters is 1. The van der Waals surface area contributed by atoms with Crippen LogP contribution in [0, 0.1) is 14.9 Å². The minimum atomic E-state index is -0.623. The fraction of sp³-hybridized carbons (Fsp3) is 0.105. The molecule has 0 saturated carbocycles. The van der Waals surface area contributed by atoms with E-state index in [1.165, 1.54) is 6.20 Å². The van der Waals surface area contributed by atoms with Crippen molar-refractivity contribution in [1.82, 2.24) is 0 Å². The highest BCUT2D eigenvalue weighted by Crippen LogP contribution is 2.17. The number of carbonyl (C=O) groups is 2. The first-order valence-electron chi connectivity index (χ1n) is 7.75. The number of carbonyl (C=O) groups excluding carboxylic acids is 2. The zero-order chi connectivity index (χ0) is 18.9. The number of para-hydroxylation sites is 1. The lowest BCUT2D eigenvalue weighted by atomic mass is 10.1. The van der Waals surface area contributed by atoms with Gasteiger partial charge in [0.2, 0.25) is 0 Å². The van der Waals surface area contributed by atoms with Crippen molar-refractivity contribution in [2.75, 3.05) is 17.2 Å². The van der Waals surface area contributed by atoms with Gasteiger partial charge in [-0.1, -0.05) is 12.1 Å². The Morgan fingerprint density at radius 3 is 2.54 bits per heavy atom. The second-order valence-corrected chi connectivity index (χ2v) is 6.29. The molecule has 0 unspecified atom stereocenters. The first kappa shape index (κ1) is 19.5. The Bertz CT molecular complexity index is 870. The summed E-state index contributed by atoms with van der Waals surface area (Å²) in [4.78, 5) is 24.3. The van der Waals surface area contributed by atoms with Gasteiger partial charge in [0.1, 0.15) is 11.6 Å². The predicted octanol–water partition coefficient (Wildman–Crippen LogP) is 3.93. The standard InChI is InChI=1S/C19H16IN3O3/c1-2-26-19(25)16-5-3-4-6-17(16)23-18(24)13(11-21)12-22-15-9-7-14(20)8-10-15/h3-10,12,22H,2H2,1H3,(H,23,24)/b13-12-. The fourth-order valence-corrected chi connectivity index (χ4v) is 2.38. The molecule has 26 heavy (non-hydrogen) atoms. The molecule has 0 saturated heterocycles. The van der Waals surface area contributed by atoms with Crippen LogP contribution in [-0.4, -0.2) is 18.5 Å². The molecule has 2 N–H and O–H groups in total. The molecule has 0 aliphatic carbocycles. The van der Waals surface area contributed by atoms with Crippen LogP contribution < -0.4 is 10.6 Å². The van der Waals surface area contributed by atoms with Crippen molar-refractivity contribution < 1.29 is 14.3 Å². The van der Waals surface area contributed by atoms with E-state index in [0.29, 0.717) is 0 Å². The lowest BCUT2D eigenvalue weighted by Crippen LogP contribution is -2.17. The van der Waals surface area contributed by atoms with E-state index in [9.17, 15) is 14.9 Å². The molecule has 0 spiro atoms. The van der Waals surface area contributed by atoms with Gasteiger partial charge < -0.3 is 15.4 Å². The van der Waals surface area contributed by atoms with Gasteiger partial charge >= 0.3 is 5.97 Å². The van der Waals surface area contributed by atoms with E-state index in [2.05, 4.69) is 33.2 Å². The summed E-state index contributed by atoms with van der Waals surface area (Å²) in [5.41, 5.74) is 1.14. The number of nitrogens with zero attached hydrogens (tertiary/aromatic N) is 1. The van der Waals surface area contributed by atoms with E-state index < -0.39 is 11.9 Å². The molecule has 0 aliphatic heterocycles.